The number of hydrogen-bond acceptors (Lipinski definition) is 3. The van der Waals surface area contributed by atoms with Crippen LogP contribution in [0.5, 0.6) is 0 Å². The SMILES string of the molecule is CCN(CC)C(CC)(CC)C(O)C1CCc2cccnc21. The van der Waals surface area contributed by atoms with Crippen molar-refractivity contribution < 1.29 is 5.11 Å². The van der Waals surface area contributed by atoms with Crippen LogP contribution in [0, 0.1) is 0 Å². The number of rotatable bonds is 7. The molecule has 1 N–H and O–H groups in total. The zero-order valence-electron chi connectivity index (χ0n) is 14.0. The molecule has 1 aliphatic carbocycles. The van der Waals surface area contributed by atoms with Gasteiger partial charge in [0.2, 0.25) is 0 Å². The third kappa shape index (κ3) is 2.74. The minimum Gasteiger partial charge on any atom is -0.390 e. The molecule has 2 unspecified atom stereocenters. The summed E-state index contributed by atoms with van der Waals surface area (Å²) in [5.74, 6) is 0.182. The van der Waals surface area contributed by atoms with Gasteiger partial charge in [0.05, 0.1) is 6.10 Å². The standard InChI is InChI=1S/C18H30N2O/c1-5-18(6-2,20(7-3)8-4)17(21)15-12-11-14-10-9-13-19-16(14)15/h9-10,13,15,17,21H,5-8,11-12H2,1-4H3. The maximum atomic E-state index is 11.3. The molecule has 1 aromatic heterocycles. The number of nitrogens with zero attached hydrogens (tertiary/aromatic N) is 2. The first-order valence-electron chi connectivity index (χ1n) is 8.51. The number of aliphatic hydroxyl groups is 1. The Hall–Kier alpha value is -0.930. The van der Waals surface area contributed by atoms with E-state index in [2.05, 4.69) is 43.6 Å². The second-order valence-corrected chi connectivity index (χ2v) is 6.12. The fraction of sp³-hybridized carbons (Fsp3) is 0.722. The molecule has 3 heteroatoms. The summed E-state index contributed by atoms with van der Waals surface area (Å²) >= 11 is 0. The lowest BCUT2D eigenvalue weighted by molar-refractivity contribution is -0.0485. The summed E-state index contributed by atoms with van der Waals surface area (Å²) in [6, 6.07) is 4.16. The lowest BCUT2D eigenvalue weighted by Gasteiger charge is -2.47. The van der Waals surface area contributed by atoms with Crippen LogP contribution in [0.15, 0.2) is 18.3 Å². The predicted octanol–water partition coefficient (Wildman–Crippen LogP) is 3.37. The molecule has 1 aliphatic rings. The van der Waals surface area contributed by atoms with Gasteiger partial charge in [0, 0.05) is 23.3 Å². The van der Waals surface area contributed by atoms with Gasteiger partial charge in [-0.2, -0.15) is 0 Å². The summed E-state index contributed by atoms with van der Waals surface area (Å²) < 4.78 is 0. The van der Waals surface area contributed by atoms with Crippen LogP contribution in [0.1, 0.15) is 64.1 Å². The summed E-state index contributed by atoms with van der Waals surface area (Å²) in [5.41, 5.74) is 2.32. The highest BCUT2D eigenvalue weighted by molar-refractivity contribution is 5.30. The van der Waals surface area contributed by atoms with Gasteiger partial charge >= 0.3 is 0 Å². The van der Waals surface area contributed by atoms with Gasteiger partial charge in [0.1, 0.15) is 0 Å². The van der Waals surface area contributed by atoms with E-state index >= 15 is 0 Å². The highest BCUT2D eigenvalue weighted by atomic mass is 16.3. The number of aliphatic hydroxyl groups excluding tert-OH is 1. The first-order valence-corrected chi connectivity index (χ1v) is 8.51. The van der Waals surface area contributed by atoms with E-state index < -0.39 is 0 Å². The normalized spacial score (nSPS) is 19.8. The highest BCUT2D eigenvalue weighted by Gasteiger charge is 2.45. The van der Waals surface area contributed by atoms with E-state index in [0.29, 0.717) is 0 Å². The van der Waals surface area contributed by atoms with Gasteiger partial charge in [0.25, 0.3) is 0 Å². The van der Waals surface area contributed by atoms with Gasteiger partial charge in [-0.3, -0.25) is 9.88 Å². The largest absolute Gasteiger partial charge is 0.390 e. The molecule has 2 rings (SSSR count). The quantitative estimate of drug-likeness (QED) is 0.836. The summed E-state index contributed by atoms with van der Waals surface area (Å²) in [7, 11) is 0. The zero-order valence-corrected chi connectivity index (χ0v) is 14.0. The molecule has 0 fully saturated rings. The van der Waals surface area contributed by atoms with Crippen LogP contribution in [-0.2, 0) is 6.42 Å². The monoisotopic (exact) mass is 290 g/mol. The Morgan fingerprint density at radius 1 is 1.29 bits per heavy atom. The van der Waals surface area contributed by atoms with E-state index in [1.807, 2.05) is 12.3 Å². The maximum absolute atomic E-state index is 11.3. The van der Waals surface area contributed by atoms with Crippen LogP contribution >= 0.6 is 0 Å². The van der Waals surface area contributed by atoms with E-state index in [1.165, 1.54) is 5.56 Å². The third-order valence-corrected chi connectivity index (χ3v) is 5.55. The minimum atomic E-state index is -0.344. The predicted molar refractivity (Wildman–Crippen MR) is 87.5 cm³/mol. The Balaban J connectivity index is 2.34. The van der Waals surface area contributed by atoms with E-state index in [4.69, 9.17) is 0 Å². The highest BCUT2D eigenvalue weighted by Crippen LogP contribution is 2.41. The van der Waals surface area contributed by atoms with Crippen molar-refractivity contribution in [1.29, 1.82) is 0 Å². The number of likely N-dealkylation sites (N-methyl/N-ethyl adjacent to an activating group) is 1. The van der Waals surface area contributed by atoms with Crippen molar-refractivity contribution in [2.24, 2.45) is 0 Å². The second kappa shape index (κ2) is 6.89. The summed E-state index contributed by atoms with van der Waals surface area (Å²) in [4.78, 5) is 7.02. The fourth-order valence-electron chi connectivity index (χ4n) is 4.28. The molecule has 0 spiro atoms. The van der Waals surface area contributed by atoms with Crippen LogP contribution < -0.4 is 0 Å². The van der Waals surface area contributed by atoms with Crippen molar-refractivity contribution in [3.05, 3.63) is 29.6 Å². The molecule has 0 saturated carbocycles. The molecule has 0 saturated heterocycles. The van der Waals surface area contributed by atoms with E-state index in [-0.39, 0.29) is 17.6 Å². The van der Waals surface area contributed by atoms with Crippen LogP contribution in [0.2, 0.25) is 0 Å². The summed E-state index contributed by atoms with van der Waals surface area (Å²) in [6.07, 6.45) is 5.55. The van der Waals surface area contributed by atoms with Gasteiger partial charge in [-0.05, 0) is 50.4 Å². The molecular weight excluding hydrogens is 260 g/mol. The number of aryl methyl sites for hydroxylation is 1. The van der Waals surface area contributed by atoms with E-state index in [0.717, 1.165) is 44.5 Å². The van der Waals surface area contributed by atoms with E-state index in [1.54, 1.807) is 0 Å². The molecule has 0 aliphatic heterocycles. The van der Waals surface area contributed by atoms with Gasteiger partial charge in [0.15, 0.2) is 0 Å². The third-order valence-electron chi connectivity index (χ3n) is 5.55. The van der Waals surface area contributed by atoms with Crippen molar-refractivity contribution in [2.75, 3.05) is 13.1 Å². The van der Waals surface area contributed by atoms with Crippen LogP contribution in [0.25, 0.3) is 0 Å². The molecule has 3 nitrogen and oxygen atoms in total. The molecule has 1 heterocycles. The van der Waals surface area contributed by atoms with Gasteiger partial charge in [-0.1, -0.05) is 33.8 Å². The Labute approximate surface area is 129 Å². The van der Waals surface area contributed by atoms with Crippen LogP contribution in [0.3, 0.4) is 0 Å². The average molecular weight is 290 g/mol. The topological polar surface area (TPSA) is 36.4 Å². The summed E-state index contributed by atoms with van der Waals surface area (Å²) in [5, 5.41) is 11.3. The van der Waals surface area contributed by atoms with Gasteiger partial charge < -0.3 is 5.11 Å². The molecule has 1 aromatic rings. The van der Waals surface area contributed by atoms with Crippen LogP contribution in [-0.4, -0.2) is 39.7 Å². The first-order chi connectivity index (χ1) is 10.1. The number of pyridine rings is 1. The fourth-order valence-corrected chi connectivity index (χ4v) is 4.28. The molecule has 0 amide bonds. The van der Waals surface area contributed by atoms with Crippen molar-refractivity contribution in [2.45, 2.75) is 70.9 Å². The van der Waals surface area contributed by atoms with Crippen molar-refractivity contribution in [1.82, 2.24) is 9.88 Å². The van der Waals surface area contributed by atoms with Gasteiger partial charge in [-0.25, -0.2) is 0 Å². The average Bonchev–Trinajstić information content (AvgIpc) is 2.96. The zero-order chi connectivity index (χ0) is 15.5. The van der Waals surface area contributed by atoms with E-state index in [9.17, 15) is 5.11 Å². The number of aromatic nitrogens is 1. The molecule has 0 bridgehead atoms. The van der Waals surface area contributed by atoms with Crippen LogP contribution in [0.4, 0.5) is 0 Å². The number of hydrogen-bond donors (Lipinski definition) is 1. The smallest absolute Gasteiger partial charge is 0.0807 e. The molecular formula is C18H30N2O. The Bertz CT molecular complexity index is 452. The molecule has 2 atom stereocenters. The van der Waals surface area contributed by atoms with Crippen molar-refractivity contribution in [3.63, 3.8) is 0 Å². The van der Waals surface area contributed by atoms with Crippen molar-refractivity contribution in [3.8, 4) is 0 Å². The summed E-state index contributed by atoms with van der Waals surface area (Å²) in [6.45, 7) is 10.8. The molecule has 0 radical (unpaired) electrons. The Morgan fingerprint density at radius 3 is 2.52 bits per heavy atom. The van der Waals surface area contributed by atoms with Crippen molar-refractivity contribution >= 4 is 0 Å². The molecule has 118 valence electrons. The lowest BCUT2D eigenvalue weighted by atomic mass is 9.77. The lowest BCUT2D eigenvalue weighted by Crippen LogP contribution is -2.57. The molecule has 21 heavy (non-hydrogen) atoms. The molecule has 0 aromatic carbocycles. The first kappa shape index (κ1) is 16.4. The Morgan fingerprint density at radius 2 is 1.95 bits per heavy atom. The second-order valence-electron chi connectivity index (χ2n) is 6.12. The Kier molecular flexibility index (Phi) is 5.39. The van der Waals surface area contributed by atoms with Gasteiger partial charge in [-0.15, -0.1) is 0 Å². The minimum absolute atomic E-state index is 0.132. The maximum Gasteiger partial charge on any atom is 0.0807 e. The number of fused-ring (bicyclic) bond motifs is 1.